The first-order chi connectivity index (χ1) is 10.7. The molecule has 0 bridgehead atoms. The van der Waals surface area contributed by atoms with E-state index in [1.807, 2.05) is 0 Å². The van der Waals surface area contributed by atoms with Gasteiger partial charge in [0.25, 0.3) is 0 Å². The van der Waals surface area contributed by atoms with Crippen LogP contribution in [-0.2, 0) is 9.47 Å². The smallest absolute Gasteiger partial charge is 0.224 e. The van der Waals surface area contributed by atoms with Crippen molar-refractivity contribution in [1.82, 2.24) is 0 Å². The average Bonchev–Trinajstić information content (AvgIpc) is 2.77. The molecule has 2 aliphatic rings. The molecule has 0 aromatic carbocycles. The van der Waals surface area contributed by atoms with Gasteiger partial charge in [0.05, 0.1) is 13.2 Å². The lowest BCUT2D eigenvalue weighted by molar-refractivity contribution is -0.328. The van der Waals surface area contributed by atoms with Crippen molar-refractivity contribution in [2.24, 2.45) is 0 Å². The quantitative estimate of drug-likeness (QED) is 0.235. The Morgan fingerprint density at radius 3 is 1.87 bits per heavy atom. The molecule has 0 spiro atoms. The van der Waals surface area contributed by atoms with Crippen molar-refractivity contribution in [2.75, 3.05) is 13.2 Å². The van der Waals surface area contributed by atoms with Gasteiger partial charge in [0.2, 0.25) is 5.79 Å². The van der Waals surface area contributed by atoms with Crippen LogP contribution in [0.4, 0.5) is 0 Å². The van der Waals surface area contributed by atoms with Crippen molar-refractivity contribution in [2.45, 2.75) is 60.7 Å². The van der Waals surface area contributed by atoms with Gasteiger partial charge in [-0.3, -0.25) is 0 Å². The Kier molecular flexibility index (Phi) is 5.60. The van der Waals surface area contributed by atoms with Crippen LogP contribution in [0.3, 0.4) is 0 Å². The predicted octanol–water partition coefficient (Wildman–Crippen LogP) is -6.01. The van der Waals surface area contributed by atoms with Crippen LogP contribution in [0.5, 0.6) is 0 Å². The number of aliphatic hydroxyl groups is 9. The molecule has 2 unspecified atom stereocenters. The van der Waals surface area contributed by atoms with Crippen LogP contribution in [0.1, 0.15) is 0 Å². The first kappa shape index (κ1) is 18.9. The van der Waals surface area contributed by atoms with E-state index in [2.05, 4.69) is 0 Å². The Morgan fingerprint density at radius 1 is 0.826 bits per heavy atom. The summed E-state index contributed by atoms with van der Waals surface area (Å²) in [5.74, 6) is -2.81. The third-order valence-corrected chi connectivity index (χ3v) is 4.31. The fourth-order valence-electron chi connectivity index (χ4n) is 2.85. The fourth-order valence-corrected chi connectivity index (χ4v) is 2.85. The predicted molar refractivity (Wildman–Crippen MR) is 68.7 cm³/mol. The van der Waals surface area contributed by atoms with Crippen LogP contribution in [0.15, 0.2) is 0 Å². The number of rotatable bonds is 4. The summed E-state index contributed by atoms with van der Waals surface area (Å²) in [6.45, 7) is -1.51. The van der Waals surface area contributed by atoms with Gasteiger partial charge in [0, 0.05) is 0 Å². The first-order valence-corrected chi connectivity index (χ1v) is 7.04. The summed E-state index contributed by atoms with van der Waals surface area (Å²) in [6.07, 6.45) is -15.8. The summed E-state index contributed by atoms with van der Waals surface area (Å²) in [5.41, 5.74) is 0. The maximum Gasteiger partial charge on any atom is 0.224 e. The van der Waals surface area contributed by atoms with Crippen LogP contribution in [0.2, 0.25) is 0 Å². The van der Waals surface area contributed by atoms with Crippen LogP contribution in [0.25, 0.3) is 0 Å². The second-order valence-electron chi connectivity index (χ2n) is 5.76. The Hall–Kier alpha value is -0.440. The molecular weight excluding hydrogens is 320 g/mol. The van der Waals surface area contributed by atoms with Gasteiger partial charge in [0.1, 0.15) is 54.9 Å². The molecule has 11 heteroatoms. The van der Waals surface area contributed by atoms with Crippen molar-refractivity contribution in [1.29, 1.82) is 0 Å². The Balaban J connectivity index is 2.23. The zero-order chi connectivity index (χ0) is 17.5. The van der Waals surface area contributed by atoms with Gasteiger partial charge in [-0.2, -0.15) is 0 Å². The van der Waals surface area contributed by atoms with Gasteiger partial charge in [0.15, 0.2) is 0 Å². The highest BCUT2D eigenvalue weighted by atomic mass is 16.7. The molecule has 0 aliphatic carbocycles. The van der Waals surface area contributed by atoms with E-state index in [0.29, 0.717) is 0 Å². The maximum absolute atomic E-state index is 10.3. The second kappa shape index (κ2) is 6.82. The van der Waals surface area contributed by atoms with E-state index in [1.54, 1.807) is 0 Å². The lowest BCUT2D eigenvalue weighted by atomic mass is 9.87. The molecule has 0 saturated carbocycles. The number of hydrogen-bond acceptors (Lipinski definition) is 11. The van der Waals surface area contributed by atoms with E-state index < -0.39 is 73.9 Å². The Bertz CT molecular complexity index is 406. The van der Waals surface area contributed by atoms with Crippen LogP contribution in [0, 0.1) is 0 Å². The van der Waals surface area contributed by atoms with Crippen molar-refractivity contribution >= 4 is 0 Å². The summed E-state index contributed by atoms with van der Waals surface area (Å²) < 4.78 is 9.94. The lowest BCUT2D eigenvalue weighted by Gasteiger charge is -2.45. The zero-order valence-electron chi connectivity index (χ0n) is 12.0. The summed E-state index contributed by atoms with van der Waals surface area (Å²) in [6, 6.07) is 0. The van der Waals surface area contributed by atoms with E-state index in [1.165, 1.54) is 0 Å². The zero-order valence-corrected chi connectivity index (χ0v) is 12.0. The fraction of sp³-hybridized carbons (Fsp3) is 1.00. The Morgan fingerprint density at radius 2 is 1.39 bits per heavy atom. The average molecular weight is 342 g/mol. The van der Waals surface area contributed by atoms with Gasteiger partial charge in [-0.1, -0.05) is 0 Å². The van der Waals surface area contributed by atoms with Crippen LogP contribution < -0.4 is 0 Å². The molecule has 2 rings (SSSR count). The molecule has 2 aliphatic heterocycles. The monoisotopic (exact) mass is 342 g/mol. The van der Waals surface area contributed by atoms with Gasteiger partial charge in [-0.15, -0.1) is 0 Å². The largest absolute Gasteiger partial charge is 0.394 e. The highest BCUT2D eigenvalue weighted by Gasteiger charge is 2.61. The third kappa shape index (κ3) is 2.99. The van der Waals surface area contributed by atoms with Crippen LogP contribution >= 0.6 is 0 Å². The van der Waals surface area contributed by atoms with Gasteiger partial charge >= 0.3 is 0 Å². The SMILES string of the molecule is OC[C@H]1OC(O)(C(O)[C@H]2O[C@H](CO)[C@@H](O)[C@H](O)[C@H]2O)[C@@H](O)[C@@H]1O. The second-order valence-corrected chi connectivity index (χ2v) is 5.76. The molecule has 23 heavy (non-hydrogen) atoms. The summed E-state index contributed by atoms with van der Waals surface area (Å²) >= 11 is 0. The van der Waals surface area contributed by atoms with E-state index in [-0.39, 0.29) is 0 Å². The minimum Gasteiger partial charge on any atom is -0.394 e. The molecule has 11 nitrogen and oxygen atoms in total. The van der Waals surface area contributed by atoms with E-state index in [9.17, 15) is 35.7 Å². The van der Waals surface area contributed by atoms with Gasteiger partial charge < -0.3 is 55.4 Å². The minimum absolute atomic E-state index is 0.752. The highest BCUT2D eigenvalue weighted by Crippen LogP contribution is 2.36. The van der Waals surface area contributed by atoms with E-state index in [0.717, 1.165) is 0 Å². The van der Waals surface area contributed by atoms with Crippen molar-refractivity contribution in [3.05, 3.63) is 0 Å². The van der Waals surface area contributed by atoms with E-state index >= 15 is 0 Å². The normalized spacial score (nSPS) is 52.6. The Labute approximate surface area is 130 Å². The summed E-state index contributed by atoms with van der Waals surface area (Å²) in [5, 5.41) is 87.4. The molecule has 0 aromatic rings. The summed E-state index contributed by atoms with van der Waals surface area (Å²) in [4.78, 5) is 0. The van der Waals surface area contributed by atoms with Crippen molar-refractivity contribution in [3.8, 4) is 0 Å². The topological polar surface area (TPSA) is 201 Å². The molecule has 10 atom stereocenters. The summed E-state index contributed by atoms with van der Waals surface area (Å²) in [7, 11) is 0. The van der Waals surface area contributed by atoms with E-state index in [4.69, 9.17) is 19.7 Å². The molecule has 2 fully saturated rings. The van der Waals surface area contributed by atoms with Gasteiger partial charge in [-0.25, -0.2) is 0 Å². The van der Waals surface area contributed by atoms with Crippen molar-refractivity contribution in [3.63, 3.8) is 0 Å². The molecule has 0 radical (unpaired) electrons. The molecular formula is C12H22O11. The van der Waals surface area contributed by atoms with Gasteiger partial charge in [-0.05, 0) is 0 Å². The van der Waals surface area contributed by atoms with Crippen LogP contribution in [-0.4, -0.2) is 120 Å². The first-order valence-electron chi connectivity index (χ1n) is 7.04. The third-order valence-electron chi connectivity index (χ3n) is 4.31. The molecule has 0 amide bonds. The number of hydrogen-bond donors (Lipinski definition) is 9. The molecule has 0 aromatic heterocycles. The lowest BCUT2D eigenvalue weighted by Crippen LogP contribution is -2.67. The highest BCUT2D eigenvalue weighted by molar-refractivity contribution is 5.05. The number of ether oxygens (including phenoxy) is 2. The standard InChI is InChI=1S/C12H22O11/c13-1-3-5(15)7(17)8(18)9(22-3)11(20)12(21)10(19)6(16)4(2-14)23-12/h3-11,13-21H,1-2H2/t3-,4-,5-,6-,7+,8-,9+,10+,11?,12?/m1/s1. The molecule has 2 heterocycles. The molecule has 2 saturated heterocycles. The van der Waals surface area contributed by atoms with Crippen molar-refractivity contribution < 1.29 is 55.4 Å². The minimum atomic E-state index is -2.81. The number of aliphatic hydroxyl groups excluding tert-OH is 8. The maximum atomic E-state index is 10.3. The molecule has 136 valence electrons. The molecule has 9 N–H and O–H groups in total.